The maximum atomic E-state index is 5.81. The van der Waals surface area contributed by atoms with E-state index in [0.717, 1.165) is 43.6 Å². The highest BCUT2D eigenvalue weighted by Crippen LogP contribution is 2.29. The average Bonchev–Trinajstić information content (AvgIpc) is 2.34. The number of rotatable bonds is 7. The van der Waals surface area contributed by atoms with Crippen LogP contribution in [-0.4, -0.2) is 29.6 Å². The fraction of sp³-hybridized carbons (Fsp3) is 0.714. The Morgan fingerprint density at radius 1 is 1.37 bits per heavy atom. The summed E-state index contributed by atoms with van der Waals surface area (Å²) in [4.78, 5) is 10.9. The summed E-state index contributed by atoms with van der Waals surface area (Å²) < 4.78 is 0. The van der Waals surface area contributed by atoms with E-state index in [1.54, 1.807) is 0 Å². The summed E-state index contributed by atoms with van der Waals surface area (Å²) in [5.41, 5.74) is 5.81. The van der Waals surface area contributed by atoms with E-state index < -0.39 is 0 Å². The third-order valence-electron chi connectivity index (χ3n) is 3.70. The third kappa shape index (κ3) is 3.72. The molecule has 0 amide bonds. The van der Waals surface area contributed by atoms with E-state index >= 15 is 0 Å². The van der Waals surface area contributed by atoms with Crippen LogP contribution in [0.5, 0.6) is 0 Å². The zero-order valence-corrected chi connectivity index (χ0v) is 12.0. The topological polar surface area (TPSA) is 67.1 Å². The van der Waals surface area contributed by atoms with Gasteiger partial charge in [0.1, 0.15) is 11.6 Å². The van der Waals surface area contributed by atoms with Gasteiger partial charge in [0.2, 0.25) is 5.95 Å². The second-order valence-corrected chi connectivity index (χ2v) is 5.23. The van der Waals surface area contributed by atoms with Gasteiger partial charge in [0.05, 0.1) is 0 Å². The van der Waals surface area contributed by atoms with Gasteiger partial charge in [-0.15, -0.1) is 0 Å². The van der Waals surface area contributed by atoms with Crippen molar-refractivity contribution in [2.45, 2.75) is 39.5 Å². The van der Waals surface area contributed by atoms with Crippen molar-refractivity contribution < 1.29 is 0 Å². The molecule has 0 radical (unpaired) electrons. The number of nitrogens with two attached hydrogens (primary N) is 1. The lowest BCUT2D eigenvalue weighted by Gasteiger charge is -2.32. The summed E-state index contributed by atoms with van der Waals surface area (Å²) in [7, 11) is 0. The average molecular weight is 263 g/mol. The van der Waals surface area contributed by atoms with E-state index in [1.165, 1.54) is 19.3 Å². The van der Waals surface area contributed by atoms with Crippen LogP contribution in [0.15, 0.2) is 6.07 Å². The first kappa shape index (κ1) is 13.9. The van der Waals surface area contributed by atoms with Crippen LogP contribution in [0.1, 0.15) is 39.5 Å². The Labute approximate surface area is 115 Å². The van der Waals surface area contributed by atoms with Crippen molar-refractivity contribution in [1.82, 2.24) is 9.97 Å². The molecule has 3 N–H and O–H groups in total. The van der Waals surface area contributed by atoms with Crippen LogP contribution in [0.4, 0.5) is 17.6 Å². The van der Waals surface area contributed by atoms with Crippen molar-refractivity contribution in [2.75, 3.05) is 35.6 Å². The zero-order chi connectivity index (χ0) is 13.7. The minimum Gasteiger partial charge on any atom is -0.370 e. The maximum absolute atomic E-state index is 5.81. The largest absolute Gasteiger partial charge is 0.370 e. The Balaban J connectivity index is 2.08. The molecule has 0 bridgehead atoms. The Bertz CT molecular complexity index is 403. The lowest BCUT2D eigenvalue weighted by atomic mass is 9.85. The number of nitrogens with one attached hydrogen (secondary N) is 1. The molecule has 0 saturated heterocycles. The van der Waals surface area contributed by atoms with Gasteiger partial charge in [0.25, 0.3) is 0 Å². The van der Waals surface area contributed by atoms with Crippen LogP contribution in [-0.2, 0) is 0 Å². The van der Waals surface area contributed by atoms with Crippen LogP contribution in [0, 0.1) is 5.92 Å². The van der Waals surface area contributed by atoms with Gasteiger partial charge in [-0.2, -0.15) is 9.97 Å². The fourth-order valence-electron chi connectivity index (χ4n) is 2.33. The summed E-state index contributed by atoms with van der Waals surface area (Å²) in [5, 5.41) is 3.28. The molecule has 5 heteroatoms. The van der Waals surface area contributed by atoms with E-state index in [0.29, 0.717) is 5.95 Å². The van der Waals surface area contributed by atoms with Crippen molar-refractivity contribution in [2.24, 2.45) is 5.92 Å². The van der Waals surface area contributed by atoms with Gasteiger partial charge >= 0.3 is 0 Å². The molecule has 1 aliphatic rings. The third-order valence-corrected chi connectivity index (χ3v) is 3.70. The van der Waals surface area contributed by atoms with Gasteiger partial charge in [-0.1, -0.05) is 13.3 Å². The Kier molecular flexibility index (Phi) is 4.82. The molecule has 0 aliphatic heterocycles. The summed E-state index contributed by atoms with van der Waals surface area (Å²) in [6.45, 7) is 7.24. The highest BCUT2D eigenvalue weighted by molar-refractivity contribution is 5.52. The monoisotopic (exact) mass is 263 g/mol. The standard InChI is InChI=1S/C14H25N5/c1-3-8-16-12-9-13(18-14(15)17-12)19(4-2)10-11-6-5-7-11/h9,11H,3-8,10H2,1-2H3,(H3,15,16,17,18). The van der Waals surface area contributed by atoms with Gasteiger partial charge in [-0.25, -0.2) is 0 Å². The molecular weight excluding hydrogens is 238 g/mol. The molecule has 1 aromatic heterocycles. The molecule has 1 aromatic rings. The van der Waals surface area contributed by atoms with Gasteiger partial charge < -0.3 is 16.0 Å². The SMILES string of the molecule is CCCNc1cc(N(CC)CC2CCC2)nc(N)n1. The van der Waals surface area contributed by atoms with Crippen LogP contribution >= 0.6 is 0 Å². The second-order valence-electron chi connectivity index (χ2n) is 5.23. The summed E-state index contributed by atoms with van der Waals surface area (Å²) in [6.07, 6.45) is 5.13. The first-order valence-electron chi connectivity index (χ1n) is 7.36. The summed E-state index contributed by atoms with van der Waals surface area (Å²) >= 11 is 0. The highest BCUT2D eigenvalue weighted by Gasteiger charge is 2.21. The zero-order valence-electron chi connectivity index (χ0n) is 12.0. The molecule has 19 heavy (non-hydrogen) atoms. The van der Waals surface area contributed by atoms with Crippen LogP contribution in [0.25, 0.3) is 0 Å². The van der Waals surface area contributed by atoms with E-state index in [9.17, 15) is 0 Å². The number of hydrogen-bond acceptors (Lipinski definition) is 5. The molecule has 0 aromatic carbocycles. The van der Waals surface area contributed by atoms with Crippen LogP contribution in [0.2, 0.25) is 0 Å². The Morgan fingerprint density at radius 3 is 2.74 bits per heavy atom. The molecule has 2 rings (SSSR count). The quantitative estimate of drug-likeness (QED) is 0.791. The number of hydrogen-bond donors (Lipinski definition) is 2. The predicted octanol–water partition coefficient (Wildman–Crippen LogP) is 2.51. The molecule has 1 fully saturated rings. The molecule has 1 aliphatic carbocycles. The van der Waals surface area contributed by atoms with Crippen molar-refractivity contribution >= 4 is 17.6 Å². The minimum absolute atomic E-state index is 0.350. The van der Waals surface area contributed by atoms with Gasteiger partial charge in [0.15, 0.2) is 0 Å². The summed E-state index contributed by atoms with van der Waals surface area (Å²) in [6, 6.07) is 2.01. The number of aromatic nitrogens is 2. The highest BCUT2D eigenvalue weighted by atomic mass is 15.2. The van der Waals surface area contributed by atoms with Gasteiger partial charge in [-0.3, -0.25) is 0 Å². The number of nitrogen functional groups attached to an aromatic ring is 1. The lowest BCUT2D eigenvalue weighted by Crippen LogP contribution is -2.33. The van der Waals surface area contributed by atoms with Crippen LogP contribution < -0.4 is 16.0 Å². The van der Waals surface area contributed by atoms with Crippen molar-refractivity contribution in [3.05, 3.63) is 6.07 Å². The lowest BCUT2D eigenvalue weighted by molar-refractivity contribution is 0.318. The number of anilines is 3. The predicted molar refractivity (Wildman–Crippen MR) is 80.5 cm³/mol. The Hall–Kier alpha value is -1.52. The minimum atomic E-state index is 0.350. The van der Waals surface area contributed by atoms with Crippen LogP contribution in [0.3, 0.4) is 0 Å². The van der Waals surface area contributed by atoms with E-state index in [4.69, 9.17) is 5.73 Å². The van der Waals surface area contributed by atoms with Crippen molar-refractivity contribution in [1.29, 1.82) is 0 Å². The van der Waals surface area contributed by atoms with Crippen molar-refractivity contribution in [3.8, 4) is 0 Å². The van der Waals surface area contributed by atoms with Crippen molar-refractivity contribution in [3.63, 3.8) is 0 Å². The smallest absolute Gasteiger partial charge is 0.223 e. The molecule has 1 heterocycles. The summed E-state index contributed by atoms with van der Waals surface area (Å²) in [5.74, 6) is 2.95. The normalized spacial score (nSPS) is 15.1. The Morgan fingerprint density at radius 2 is 2.16 bits per heavy atom. The van der Waals surface area contributed by atoms with Gasteiger partial charge in [-0.05, 0) is 32.1 Å². The number of nitrogens with zero attached hydrogens (tertiary/aromatic N) is 3. The molecule has 0 unspecified atom stereocenters. The first-order valence-corrected chi connectivity index (χ1v) is 7.36. The molecular formula is C14H25N5. The molecule has 0 spiro atoms. The van der Waals surface area contributed by atoms with Gasteiger partial charge in [0, 0.05) is 25.7 Å². The van der Waals surface area contributed by atoms with E-state index in [-0.39, 0.29) is 0 Å². The molecule has 0 atom stereocenters. The maximum Gasteiger partial charge on any atom is 0.223 e. The van der Waals surface area contributed by atoms with E-state index in [2.05, 4.69) is 34.0 Å². The second kappa shape index (κ2) is 6.59. The molecule has 106 valence electrons. The van der Waals surface area contributed by atoms with E-state index in [1.807, 2.05) is 6.07 Å². The first-order chi connectivity index (χ1) is 9.22. The fourth-order valence-corrected chi connectivity index (χ4v) is 2.33. The molecule has 1 saturated carbocycles. The molecule has 5 nitrogen and oxygen atoms in total.